The zero-order valence-electron chi connectivity index (χ0n) is 13.2. The average Bonchev–Trinajstić information content (AvgIpc) is 3.16. The quantitative estimate of drug-likeness (QED) is 0.686. The number of fused-ring (bicyclic) bond motifs is 1. The van der Waals surface area contributed by atoms with Crippen molar-refractivity contribution in [3.8, 4) is 11.5 Å². The van der Waals surface area contributed by atoms with E-state index in [1.807, 2.05) is 30.3 Å². The van der Waals surface area contributed by atoms with Crippen molar-refractivity contribution in [1.29, 1.82) is 0 Å². The summed E-state index contributed by atoms with van der Waals surface area (Å²) in [6.07, 6.45) is 0. The number of carbonyl (C=O) groups is 1. The Morgan fingerprint density at radius 2 is 1.67 bits per heavy atom. The van der Waals surface area contributed by atoms with Crippen molar-refractivity contribution < 1.29 is 14.6 Å². The Hall–Kier alpha value is -2.57. The topological polar surface area (TPSA) is 82.6 Å². The number of hydrogen-bond donors (Lipinski definition) is 4. The van der Waals surface area contributed by atoms with E-state index in [0.717, 1.165) is 16.9 Å². The molecule has 4 unspecified atom stereocenters. The number of hydrogen-bond acceptors (Lipinski definition) is 5. The molecule has 1 amide bonds. The van der Waals surface area contributed by atoms with E-state index >= 15 is 0 Å². The van der Waals surface area contributed by atoms with Crippen LogP contribution in [-0.2, 0) is 4.79 Å². The van der Waals surface area contributed by atoms with E-state index in [4.69, 9.17) is 4.74 Å². The Morgan fingerprint density at radius 1 is 0.958 bits per heavy atom. The molecule has 0 bridgehead atoms. The van der Waals surface area contributed by atoms with Crippen LogP contribution >= 0.6 is 0 Å². The maximum absolute atomic E-state index is 12.3. The van der Waals surface area contributed by atoms with Crippen molar-refractivity contribution in [2.75, 3.05) is 7.11 Å². The smallest absolute Gasteiger partial charge is 0.239 e. The molecule has 0 aliphatic carbocycles. The molecule has 2 aliphatic rings. The first-order valence-corrected chi connectivity index (χ1v) is 7.91. The average molecular weight is 325 g/mol. The predicted octanol–water partition coefficient (Wildman–Crippen LogP) is 1.41. The van der Waals surface area contributed by atoms with Gasteiger partial charge in [0, 0.05) is 5.92 Å². The lowest BCUT2D eigenvalue weighted by Crippen LogP contribution is -2.39. The Bertz CT molecular complexity index is 780. The summed E-state index contributed by atoms with van der Waals surface area (Å²) in [5.74, 6) is 0.934. The second-order valence-corrected chi connectivity index (χ2v) is 6.18. The highest BCUT2D eigenvalue weighted by atomic mass is 16.5. The molecule has 0 aromatic heterocycles. The third-order valence-electron chi connectivity index (χ3n) is 4.81. The number of phenolic OH excluding ortho intramolecular Hbond substituents is 1. The standard InChI is InChI=1S/C18H19N3O3/c1-24-13-7-3-5-11(9-13)16-14-15(10-4-2-6-12(22)8-10)19-18(23)17(14)21-20-16/h2-9,14-17,20-22H,1H3,(H,19,23). The summed E-state index contributed by atoms with van der Waals surface area (Å²) in [5.41, 5.74) is 8.29. The maximum atomic E-state index is 12.3. The summed E-state index contributed by atoms with van der Waals surface area (Å²) in [4.78, 5) is 12.3. The second-order valence-electron chi connectivity index (χ2n) is 6.18. The van der Waals surface area contributed by atoms with E-state index in [1.54, 1.807) is 25.3 Å². The van der Waals surface area contributed by atoms with Gasteiger partial charge < -0.3 is 15.2 Å². The zero-order chi connectivity index (χ0) is 16.7. The van der Waals surface area contributed by atoms with Gasteiger partial charge in [0.05, 0.1) is 19.2 Å². The Balaban J connectivity index is 1.71. The molecule has 4 rings (SSSR count). The third-order valence-corrected chi connectivity index (χ3v) is 4.81. The SMILES string of the molecule is COc1cccc(C2NNC3C(=O)NC(c4cccc(O)c4)C32)c1. The highest BCUT2D eigenvalue weighted by Gasteiger charge is 2.51. The predicted molar refractivity (Wildman–Crippen MR) is 88.3 cm³/mol. The van der Waals surface area contributed by atoms with Crippen LogP contribution in [0.3, 0.4) is 0 Å². The van der Waals surface area contributed by atoms with Crippen LogP contribution in [0.25, 0.3) is 0 Å². The van der Waals surface area contributed by atoms with Crippen LogP contribution in [0.4, 0.5) is 0 Å². The van der Waals surface area contributed by atoms with Gasteiger partial charge in [0.25, 0.3) is 0 Å². The van der Waals surface area contributed by atoms with Gasteiger partial charge in [0.15, 0.2) is 0 Å². The summed E-state index contributed by atoms with van der Waals surface area (Å²) < 4.78 is 5.31. The Labute approximate surface area is 139 Å². The van der Waals surface area contributed by atoms with Crippen molar-refractivity contribution in [2.24, 2.45) is 5.92 Å². The summed E-state index contributed by atoms with van der Waals surface area (Å²) in [5, 5.41) is 12.8. The van der Waals surface area contributed by atoms with Crippen LogP contribution in [0.2, 0.25) is 0 Å². The molecule has 0 spiro atoms. The highest BCUT2D eigenvalue weighted by molar-refractivity contribution is 5.86. The number of hydrazine groups is 1. The number of carbonyl (C=O) groups excluding carboxylic acids is 1. The molecule has 4 atom stereocenters. The van der Waals surface area contributed by atoms with Crippen LogP contribution in [0, 0.1) is 5.92 Å². The third kappa shape index (κ3) is 2.40. The van der Waals surface area contributed by atoms with Gasteiger partial charge in [-0.05, 0) is 35.4 Å². The maximum Gasteiger partial charge on any atom is 0.239 e. The monoisotopic (exact) mass is 325 g/mol. The van der Waals surface area contributed by atoms with Crippen molar-refractivity contribution >= 4 is 5.91 Å². The fourth-order valence-corrected chi connectivity index (χ4v) is 3.69. The molecular formula is C18H19N3O3. The summed E-state index contributed by atoms with van der Waals surface area (Å²) in [6, 6.07) is 14.4. The van der Waals surface area contributed by atoms with Gasteiger partial charge in [-0.15, -0.1) is 0 Å². The number of ether oxygens (including phenoxy) is 1. The minimum absolute atomic E-state index is 0.00796. The van der Waals surface area contributed by atoms with Crippen LogP contribution in [0.5, 0.6) is 11.5 Å². The lowest BCUT2D eigenvalue weighted by molar-refractivity contribution is -0.121. The molecule has 6 nitrogen and oxygen atoms in total. The molecule has 124 valence electrons. The molecule has 6 heteroatoms. The zero-order valence-corrected chi connectivity index (χ0v) is 13.2. The van der Waals surface area contributed by atoms with Crippen LogP contribution in [0.1, 0.15) is 23.2 Å². The van der Waals surface area contributed by atoms with E-state index in [-0.39, 0.29) is 35.7 Å². The van der Waals surface area contributed by atoms with E-state index in [9.17, 15) is 9.90 Å². The van der Waals surface area contributed by atoms with Crippen molar-refractivity contribution in [2.45, 2.75) is 18.1 Å². The van der Waals surface area contributed by atoms with Gasteiger partial charge in [-0.2, -0.15) is 0 Å². The molecule has 2 fully saturated rings. The van der Waals surface area contributed by atoms with Crippen molar-refractivity contribution in [1.82, 2.24) is 16.2 Å². The van der Waals surface area contributed by atoms with Crippen LogP contribution in [0.15, 0.2) is 48.5 Å². The van der Waals surface area contributed by atoms with Gasteiger partial charge in [0.2, 0.25) is 5.91 Å². The number of phenols is 1. The Morgan fingerprint density at radius 3 is 2.42 bits per heavy atom. The molecule has 2 aromatic carbocycles. The van der Waals surface area contributed by atoms with Gasteiger partial charge in [-0.1, -0.05) is 24.3 Å². The number of amides is 1. The summed E-state index contributed by atoms with van der Waals surface area (Å²) in [7, 11) is 1.64. The largest absolute Gasteiger partial charge is 0.508 e. The first-order valence-electron chi connectivity index (χ1n) is 7.91. The fraction of sp³-hybridized carbons (Fsp3) is 0.278. The molecule has 24 heavy (non-hydrogen) atoms. The highest BCUT2D eigenvalue weighted by Crippen LogP contribution is 2.42. The van der Waals surface area contributed by atoms with Gasteiger partial charge in [-0.3, -0.25) is 4.79 Å². The molecule has 2 saturated heterocycles. The minimum atomic E-state index is -0.312. The molecular weight excluding hydrogens is 306 g/mol. The number of rotatable bonds is 3. The number of nitrogens with one attached hydrogen (secondary N) is 3. The molecule has 0 saturated carbocycles. The lowest BCUT2D eigenvalue weighted by atomic mass is 9.83. The van der Waals surface area contributed by atoms with E-state index < -0.39 is 0 Å². The number of benzene rings is 2. The van der Waals surface area contributed by atoms with Crippen LogP contribution < -0.4 is 20.9 Å². The first kappa shape index (κ1) is 15.0. The van der Waals surface area contributed by atoms with Crippen molar-refractivity contribution in [3.63, 3.8) is 0 Å². The van der Waals surface area contributed by atoms with Crippen molar-refractivity contribution in [3.05, 3.63) is 59.7 Å². The molecule has 2 aliphatic heterocycles. The van der Waals surface area contributed by atoms with Gasteiger partial charge >= 0.3 is 0 Å². The number of aromatic hydroxyl groups is 1. The minimum Gasteiger partial charge on any atom is -0.508 e. The summed E-state index contributed by atoms with van der Waals surface area (Å²) >= 11 is 0. The normalized spacial score (nSPS) is 28.5. The molecule has 4 N–H and O–H groups in total. The lowest BCUT2D eigenvalue weighted by Gasteiger charge is -2.24. The second kappa shape index (κ2) is 5.81. The van der Waals surface area contributed by atoms with Gasteiger partial charge in [-0.25, -0.2) is 10.9 Å². The molecule has 0 radical (unpaired) electrons. The molecule has 2 aromatic rings. The van der Waals surface area contributed by atoms with E-state index in [2.05, 4.69) is 16.2 Å². The number of methoxy groups -OCH3 is 1. The Kier molecular flexibility index (Phi) is 3.63. The van der Waals surface area contributed by atoms with Gasteiger partial charge in [0.1, 0.15) is 17.5 Å². The van der Waals surface area contributed by atoms with Crippen LogP contribution in [-0.4, -0.2) is 24.2 Å². The van der Waals surface area contributed by atoms with E-state index in [1.165, 1.54) is 0 Å². The molecule has 2 heterocycles. The summed E-state index contributed by atoms with van der Waals surface area (Å²) in [6.45, 7) is 0. The first-order chi connectivity index (χ1) is 11.7. The van der Waals surface area contributed by atoms with E-state index in [0.29, 0.717) is 0 Å². The fourth-order valence-electron chi connectivity index (χ4n) is 3.69.